The highest BCUT2D eigenvalue weighted by Gasteiger charge is 2.21. The first kappa shape index (κ1) is 15.1. The van der Waals surface area contributed by atoms with Gasteiger partial charge < -0.3 is 25.6 Å². The van der Waals surface area contributed by atoms with Gasteiger partial charge in [0.05, 0.1) is 12.3 Å². The summed E-state index contributed by atoms with van der Waals surface area (Å²) in [6, 6.07) is 3.59. The van der Waals surface area contributed by atoms with E-state index < -0.39 is 17.7 Å². The maximum absolute atomic E-state index is 11.6. The minimum Gasteiger partial charge on any atom is -0.505 e. The summed E-state index contributed by atoms with van der Waals surface area (Å²) in [5.41, 5.74) is -0.216. The van der Waals surface area contributed by atoms with Gasteiger partial charge in [-0.05, 0) is 30.9 Å². The molecule has 0 heterocycles. The number of hydrogen-bond acceptors (Lipinski definition) is 4. The topological polar surface area (TPSA) is 108 Å². The second-order valence-electron chi connectivity index (χ2n) is 4.91. The quantitative estimate of drug-likeness (QED) is 0.451. The van der Waals surface area contributed by atoms with E-state index in [2.05, 4.69) is 10.6 Å². The molecule has 1 aliphatic carbocycles. The number of phenols is 1. The highest BCUT2D eigenvalue weighted by molar-refractivity contribution is 5.97. The lowest BCUT2D eigenvalue weighted by atomic mass is 10.2. The number of aromatic hydroxyl groups is 1. The third-order valence-corrected chi connectivity index (χ3v) is 3.10. The van der Waals surface area contributed by atoms with Crippen LogP contribution in [0.4, 0.5) is 10.5 Å². The number of carboxylic acid groups (broad SMARTS) is 1. The second kappa shape index (κ2) is 6.94. The molecule has 0 radical (unpaired) electrons. The molecule has 0 spiro atoms. The number of rotatable bonds is 7. The Morgan fingerprint density at radius 3 is 2.76 bits per heavy atom. The number of carboxylic acids is 1. The molecule has 0 atom stereocenters. The number of benzene rings is 1. The molecule has 21 heavy (non-hydrogen) atoms. The SMILES string of the molecule is O=C(NCCOCC1CC1)Nc1cccc(C(=O)O)c1O. The molecule has 1 aromatic rings. The van der Waals surface area contributed by atoms with E-state index in [4.69, 9.17) is 9.84 Å². The van der Waals surface area contributed by atoms with Crippen LogP contribution >= 0.6 is 0 Å². The van der Waals surface area contributed by atoms with Crippen LogP contribution in [0.3, 0.4) is 0 Å². The van der Waals surface area contributed by atoms with Crippen LogP contribution < -0.4 is 10.6 Å². The largest absolute Gasteiger partial charge is 0.505 e. The van der Waals surface area contributed by atoms with Crippen LogP contribution in [-0.4, -0.2) is 42.0 Å². The summed E-state index contributed by atoms with van der Waals surface area (Å²) >= 11 is 0. The molecule has 2 amide bonds. The lowest BCUT2D eigenvalue weighted by Crippen LogP contribution is -2.31. The molecule has 1 saturated carbocycles. The minimum absolute atomic E-state index is 0.0475. The molecular weight excluding hydrogens is 276 g/mol. The third kappa shape index (κ3) is 4.64. The van der Waals surface area contributed by atoms with Crippen LogP contribution in [0.2, 0.25) is 0 Å². The minimum atomic E-state index is -1.26. The molecule has 0 aliphatic heterocycles. The Hall–Kier alpha value is -2.28. The average Bonchev–Trinajstić information content (AvgIpc) is 3.24. The maximum atomic E-state index is 11.6. The van der Waals surface area contributed by atoms with Crippen molar-refractivity contribution in [3.05, 3.63) is 23.8 Å². The first-order chi connectivity index (χ1) is 10.1. The molecule has 1 aliphatic rings. The van der Waals surface area contributed by atoms with Gasteiger partial charge in [-0.2, -0.15) is 0 Å². The van der Waals surface area contributed by atoms with E-state index >= 15 is 0 Å². The summed E-state index contributed by atoms with van der Waals surface area (Å²) in [7, 11) is 0. The standard InChI is InChI=1S/C14H18N2O5/c17-12-10(13(18)19)2-1-3-11(12)16-14(20)15-6-7-21-8-9-4-5-9/h1-3,9,17H,4-8H2,(H,18,19)(H2,15,16,20). The molecular formula is C14H18N2O5. The van der Waals surface area contributed by atoms with Crippen molar-refractivity contribution in [3.63, 3.8) is 0 Å². The van der Waals surface area contributed by atoms with Crippen molar-refractivity contribution >= 4 is 17.7 Å². The fourth-order valence-electron chi connectivity index (χ4n) is 1.75. The van der Waals surface area contributed by atoms with Crippen molar-refractivity contribution in [3.8, 4) is 5.75 Å². The number of anilines is 1. The Kier molecular flexibility index (Phi) is 4.99. The molecule has 0 saturated heterocycles. The summed E-state index contributed by atoms with van der Waals surface area (Å²) < 4.78 is 5.36. The lowest BCUT2D eigenvalue weighted by molar-refractivity contribution is 0.0693. The Balaban J connectivity index is 1.76. The highest BCUT2D eigenvalue weighted by atomic mass is 16.5. The van der Waals surface area contributed by atoms with Gasteiger partial charge in [-0.1, -0.05) is 6.07 Å². The number of aromatic carboxylic acids is 1. The second-order valence-corrected chi connectivity index (χ2v) is 4.91. The van der Waals surface area contributed by atoms with Crippen molar-refractivity contribution in [2.75, 3.05) is 25.1 Å². The predicted molar refractivity (Wildman–Crippen MR) is 75.6 cm³/mol. The first-order valence-corrected chi connectivity index (χ1v) is 6.76. The normalized spacial score (nSPS) is 13.7. The Bertz CT molecular complexity index is 528. The van der Waals surface area contributed by atoms with Crippen LogP contribution in [0, 0.1) is 5.92 Å². The smallest absolute Gasteiger partial charge is 0.339 e. The van der Waals surface area contributed by atoms with Crippen LogP contribution in [0.5, 0.6) is 5.75 Å². The zero-order chi connectivity index (χ0) is 15.2. The van der Waals surface area contributed by atoms with Crippen LogP contribution in [0.1, 0.15) is 23.2 Å². The molecule has 114 valence electrons. The number of amides is 2. The van der Waals surface area contributed by atoms with E-state index in [-0.39, 0.29) is 11.3 Å². The van der Waals surface area contributed by atoms with Crippen molar-refractivity contribution in [2.24, 2.45) is 5.92 Å². The van der Waals surface area contributed by atoms with E-state index in [1.165, 1.54) is 31.0 Å². The average molecular weight is 294 g/mol. The molecule has 0 unspecified atom stereocenters. The zero-order valence-corrected chi connectivity index (χ0v) is 11.5. The van der Waals surface area contributed by atoms with E-state index in [9.17, 15) is 14.7 Å². The van der Waals surface area contributed by atoms with Gasteiger partial charge in [0, 0.05) is 13.2 Å². The molecule has 7 heteroatoms. The summed E-state index contributed by atoms with van der Waals surface area (Å²) in [5.74, 6) is -1.05. The number of carbonyl (C=O) groups excluding carboxylic acids is 1. The van der Waals surface area contributed by atoms with Gasteiger partial charge in [0.15, 0.2) is 5.75 Å². The fourth-order valence-corrected chi connectivity index (χ4v) is 1.75. The molecule has 0 aromatic heterocycles. The molecule has 4 N–H and O–H groups in total. The highest BCUT2D eigenvalue weighted by Crippen LogP contribution is 2.28. The van der Waals surface area contributed by atoms with E-state index in [0.29, 0.717) is 19.1 Å². The fraction of sp³-hybridized carbons (Fsp3) is 0.429. The van der Waals surface area contributed by atoms with Crippen molar-refractivity contribution in [1.82, 2.24) is 5.32 Å². The number of para-hydroxylation sites is 1. The molecule has 1 fully saturated rings. The van der Waals surface area contributed by atoms with Gasteiger partial charge in [-0.15, -0.1) is 0 Å². The summed E-state index contributed by atoms with van der Waals surface area (Å²) in [4.78, 5) is 22.5. The van der Waals surface area contributed by atoms with E-state index in [0.717, 1.165) is 6.61 Å². The predicted octanol–water partition coefficient (Wildman–Crippen LogP) is 1.64. The van der Waals surface area contributed by atoms with Gasteiger partial charge in [0.1, 0.15) is 5.56 Å². The van der Waals surface area contributed by atoms with E-state index in [1.807, 2.05) is 0 Å². The number of nitrogens with one attached hydrogen (secondary N) is 2. The Morgan fingerprint density at radius 1 is 1.33 bits per heavy atom. The van der Waals surface area contributed by atoms with Crippen molar-refractivity contribution in [1.29, 1.82) is 0 Å². The molecule has 1 aromatic carbocycles. The zero-order valence-electron chi connectivity index (χ0n) is 11.5. The van der Waals surface area contributed by atoms with Crippen LogP contribution in [0.15, 0.2) is 18.2 Å². The van der Waals surface area contributed by atoms with Gasteiger partial charge in [0.2, 0.25) is 0 Å². The van der Waals surface area contributed by atoms with Gasteiger partial charge >= 0.3 is 12.0 Å². The molecule has 2 rings (SSSR count). The Morgan fingerprint density at radius 2 is 2.10 bits per heavy atom. The third-order valence-electron chi connectivity index (χ3n) is 3.10. The monoisotopic (exact) mass is 294 g/mol. The first-order valence-electron chi connectivity index (χ1n) is 6.76. The van der Waals surface area contributed by atoms with Crippen molar-refractivity contribution < 1.29 is 24.5 Å². The summed E-state index contributed by atoms with van der Waals surface area (Å²) in [6.45, 7) is 1.49. The molecule has 7 nitrogen and oxygen atoms in total. The van der Waals surface area contributed by atoms with Crippen molar-refractivity contribution in [2.45, 2.75) is 12.8 Å². The lowest BCUT2D eigenvalue weighted by Gasteiger charge is -2.10. The molecule has 0 bridgehead atoms. The Labute approximate surface area is 121 Å². The summed E-state index contributed by atoms with van der Waals surface area (Å²) in [6.07, 6.45) is 2.43. The van der Waals surface area contributed by atoms with E-state index in [1.54, 1.807) is 0 Å². The van der Waals surface area contributed by atoms with Crippen LogP contribution in [0.25, 0.3) is 0 Å². The van der Waals surface area contributed by atoms with Gasteiger partial charge in [-0.3, -0.25) is 0 Å². The van der Waals surface area contributed by atoms with Gasteiger partial charge in [0.25, 0.3) is 0 Å². The number of hydrogen-bond donors (Lipinski definition) is 4. The number of ether oxygens (including phenoxy) is 1. The summed E-state index contributed by atoms with van der Waals surface area (Å²) in [5, 5.41) is 23.6. The number of urea groups is 1. The number of carbonyl (C=O) groups is 2. The van der Waals surface area contributed by atoms with Gasteiger partial charge in [-0.25, -0.2) is 9.59 Å². The van der Waals surface area contributed by atoms with Crippen LogP contribution in [-0.2, 0) is 4.74 Å². The maximum Gasteiger partial charge on any atom is 0.339 e.